The number of rotatable bonds is 5. The molecule has 1 aromatic rings. The summed E-state index contributed by atoms with van der Waals surface area (Å²) in [6, 6.07) is 6.44. The lowest BCUT2D eigenvalue weighted by atomic mass is 9.95. The van der Waals surface area contributed by atoms with E-state index in [9.17, 15) is 13.2 Å². The summed E-state index contributed by atoms with van der Waals surface area (Å²) in [4.78, 5) is 12.0. The Morgan fingerprint density at radius 1 is 1.23 bits per heavy atom. The average molecular weight is 389 g/mol. The molecule has 0 bridgehead atoms. The number of nitrogens with one attached hydrogen (secondary N) is 1. The molecule has 0 unspecified atom stereocenters. The summed E-state index contributed by atoms with van der Waals surface area (Å²) >= 11 is 3.30. The van der Waals surface area contributed by atoms with Crippen LogP contribution in [0.4, 0.5) is 0 Å². The number of halogens is 1. The maximum atomic E-state index is 12.9. The van der Waals surface area contributed by atoms with Gasteiger partial charge in [0.1, 0.15) is 0 Å². The first kappa shape index (κ1) is 17.4. The molecule has 1 aliphatic rings. The van der Waals surface area contributed by atoms with E-state index in [1.165, 1.54) is 11.4 Å². The normalized spacial score (nSPS) is 16.7. The zero-order valence-corrected chi connectivity index (χ0v) is 15.0. The number of hydrogen-bond donors (Lipinski definition) is 1. The van der Waals surface area contributed by atoms with Crippen molar-refractivity contribution in [3.05, 3.63) is 28.7 Å². The van der Waals surface area contributed by atoms with E-state index in [0.717, 1.165) is 36.6 Å². The molecule has 0 spiro atoms. The fourth-order valence-corrected chi connectivity index (χ4v) is 4.65. The highest BCUT2D eigenvalue weighted by Crippen LogP contribution is 2.28. The minimum absolute atomic E-state index is 0.0975. The summed E-state index contributed by atoms with van der Waals surface area (Å²) < 4.78 is 28.0. The summed E-state index contributed by atoms with van der Waals surface area (Å²) in [5.41, 5.74) is 0. The number of benzene rings is 1. The van der Waals surface area contributed by atoms with Crippen LogP contribution in [0.3, 0.4) is 0 Å². The second kappa shape index (κ2) is 7.57. The van der Waals surface area contributed by atoms with Gasteiger partial charge in [0.15, 0.2) is 0 Å². The highest BCUT2D eigenvalue weighted by molar-refractivity contribution is 9.10. The van der Waals surface area contributed by atoms with E-state index >= 15 is 0 Å². The molecule has 122 valence electrons. The fraction of sp³-hybridized carbons (Fsp3) is 0.533. The Morgan fingerprint density at radius 2 is 1.82 bits per heavy atom. The highest BCUT2D eigenvalue weighted by atomic mass is 79.9. The van der Waals surface area contributed by atoms with Gasteiger partial charge in [-0.2, -0.15) is 4.31 Å². The van der Waals surface area contributed by atoms with Gasteiger partial charge in [-0.05, 0) is 37.1 Å². The number of carbonyl (C=O) groups is 1. The molecule has 5 nitrogen and oxygen atoms in total. The van der Waals surface area contributed by atoms with Crippen molar-refractivity contribution < 1.29 is 13.2 Å². The molecule has 1 aliphatic carbocycles. The predicted octanol–water partition coefficient (Wildman–Crippen LogP) is 2.52. The molecule has 22 heavy (non-hydrogen) atoms. The van der Waals surface area contributed by atoms with Crippen LogP contribution < -0.4 is 5.32 Å². The molecule has 0 aliphatic heterocycles. The second-order valence-electron chi connectivity index (χ2n) is 5.47. The van der Waals surface area contributed by atoms with Crippen LogP contribution in [0.5, 0.6) is 0 Å². The molecule has 1 aromatic carbocycles. The van der Waals surface area contributed by atoms with Gasteiger partial charge in [0, 0.05) is 17.6 Å². The Kier molecular flexibility index (Phi) is 6.00. The lowest BCUT2D eigenvalue weighted by Crippen LogP contribution is -2.46. The quantitative estimate of drug-likeness (QED) is 0.842. The van der Waals surface area contributed by atoms with Crippen LogP contribution >= 0.6 is 15.9 Å². The van der Waals surface area contributed by atoms with Crippen LogP contribution in [0, 0.1) is 0 Å². The van der Waals surface area contributed by atoms with Gasteiger partial charge in [-0.3, -0.25) is 4.79 Å². The monoisotopic (exact) mass is 388 g/mol. The Morgan fingerprint density at radius 3 is 2.36 bits per heavy atom. The second-order valence-corrected chi connectivity index (χ2v) is 8.28. The van der Waals surface area contributed by atoms with Crippen molar-refractivity contribution in [2.75, 3.05) is 13.6 Å². The van der Waals surface area contributed by atoms with Crippen molar-refractivity contribution in [3.63, 3.8) is 0 Å². The van der Waals surface area contributed by atoms with Gasteiger partial charge in [-0.1, -0.05) is 35.2 Å². The number of nitrogens with zero attached hydrogens (tertiary/aromatic N) is 1. The summed E-state index contributed by atoms with van der Waals surface area (Å²) in [5, 5.41) is 2.51. The highest BCUT2D eigenvalue weighted by Gasteiger charge is 2.33. The molecule has 1 N–H and O–H groups in total. The Labute approximate surface area is 140 Å². The number of hydrogen-bond acceptors (Lipinski definition) is 3. The number of amides is 1. The van der Waals surface area contributed by atoms with Gasteiger partial charge in [0.25, 0.3) is 0 Å². The van der Waals surface area contributed by atoms with Crippen molar-refractivity contribution in [2.45, 2.75) is 43.0 Å². The Balaban J connectivity index is 2.33. The minimum atomic E-state index is -3.67. The zero-order chi connectivity index (χ0) is 16.2. The Hall–Kier alpha value is -0.920. The van der Waals surface area contributed by atoms with Gasteiger partial charge in [-0.15, -0.1) is 0 Å². The maximum absolute atomic E-state index is 12.9. The van der Waals surface area contributed by atoms with Crippen LogP contribution in [0.2, 0.25) is 0 Å². The zero-order valence-electron chi connectivity index (χ0n) is 12.6. The first-order valence-corrected chi connectivity index (χ1v) is 9.66. The summed E-state index contributed by atoms with van der Waals surface area (Å²) in [5.74, 6) is -0.286. The van der Waals surface area contributed by atoms with E-state index in [1.54, 1.807) is 24.3 Å². The van der Waals surface area contributed by atoms with E-state index in [4.69, 9.17) is 0 Å². The number of sulfonamides is 1. The first-order chi connectivity index (χ1) is 10.4. The Bertz CT molecular complexity index is 610. The van der Waals surface area contributed by atoms with Crippen LogP contribution in [0.15, 0.2) is 33.6 Å². The van der Waals surface area contributed by atoms with Gasteiger partial charge in [0.05, 0.1) is 11.4 Å². The molecule has 0 radical (unpaired) electrons. The number of carbonyl (C=O) groups excluding carboxylic acids is 1. The molecule has 0 atom stereocenters. The third kappa shape index (κ3) is 4.08. The molecule has 2 rings (SSSR count). The first-order valence-electron chi connectivity index (χ1n) is 7.43. The summed E-state index contributed by atoms with van der Waals surface area (Å²) in [6.45, 7) is -0.125. The molecule has 1 amide bonds. The van der Waals surface area contributed by atoms with E-state index in [-0.39, 0.29) is 23.4 Å². The van der Waals surface area contributed by atoms with Gasteiger partial charge < -0.3 is 5.32 Å². The van der Waals surface area contributed by atoms with Crippen molar-refractivity contribution in [1.82, 2.24) is 9.62 Å². The van der Waals surface area contributed by atoms with E-state index in [2.05, 4.69) is 21.2 Å². The lowest BCUT2D eigenvalue weighted by molar-refractivity contribution is -0.121. The topological polar surface area (TPSA) is 66.5 Å². The molecule has 1 saturated carbocycles. The molecular weight excluding hydrogens is 368 g/mol. The van der Waals surface area contributed by atoms with Crippen molar-refractivity contribution in [3.8, 4) is 0 Å². The summed E-state index contributed by atoms with van der Waals surface area (Å²) in [7, 11) is -2.15. The number of likely N-dealkylation sites (N-methyl/N-ethyl adjacent to an activating group) is 1. The van der Waals surface area contributed by atoms with E-state index in [0.29, 0.717) is 0 Å². The standard InChI is InChI=1S/C15H21BrN2O3S/c1-17-15(19)11-18(13-5-3-2-4-6-13)22(20,21)14-9-7-12(16)8-10-14/h7-10,13H,2-6,11H2,1H3,(H,17,19). The lowest BCUT2D eigenvalue weighted by Gasteiger charge is -2.32. The van der Waals surface area contributed by atoms with Gasteiger partial charge >= 0.3 is 0 Å². The molecule has 0 aromatic heterocycles. The largest absolute Gasteiger partial charge is 0.358 e. The smallest absolute Gasteiger partial charge is 0.243 e. The SMILES string of the molecule is CNC(=O)CN(C1CCCCC1)S(=O)(=O)c1ccc(Br)cc1. The summed E-state index contributed by atoms with van der Waals surface area (Å²) in [6.07, 6.45) is 4.76. The molecule has 7 heteroatoms. The molecular formula is C15H21BrN2O3S. The third-order valence-corrected chi connectivity index (χ3v) is 6.42. The predicted molar refractivity (Wildman–Crippen MR) is 89.0 cm³/mol. The molecule has 0 heterocycles. The van der Waals surface area contributed by atoms with Crippen LogP contribution in [0.25, 0.3) is 0 Å². The average Bonchev–Trinajstić information content (AvgIpc) is 2.53. The third-order valence-electron chi connectivity index (χ3n) is 3.98. The maximum Gasteiger partial charge on any atom is 0.243 e. The van der Waals surface area contributed by atoms with Crippen LogP contribution in [0.1, 0.15) is 32.1 Å². The van der Waals surface area contributed by atoms with E-state index in [1.807, 2.05) is 0 Å². The van der Waals surface area contributed by atoms with Gasteiger partial charge in [-0.25, -0.2) is 8.42 Å². The fourth-order valence-electron chi connectivity index (χ4n) is 2.74. The van der Waals surface area contributed by atoms with Crippen molar-refractivity contribution in [1.29, 1.82) is 0 Å². The van der Waals surface area contributed by atoms with Crippen molar-refractivity contribution >= 4 is 31.9 Å². The van der Waals surface area contributed by atoms with Gasteiger partial charge in [0.2, 0.25) is 15.9 Å². The molecule has 1 fully saturated rings. The molecule has 0 saturated heterocycles. The minimum Gasteiger partial charge on any atom is -0.358 e. The van der Waals surface area contributed by atoms with Crippen LogP contribution in [-0.2, 0) is 14.8 Å². The van der Waals surface area contributed by atoms with Crippen molar-refractivity contribution in [2.24, 2.45) is 0 Å². The van der Waals surface area contributed by atoms with E-state index < -0.39 is 10.0 Å². The van der Waals surface area contributed by atoms with Crippen LogP contribution in [-0.4, -0.2) is 38.3 Å².